The van der Waals surface area contributed by atoms with E-state index in [-0.39, 0.29) is 19.3 Å². The molecule has 1 heterocycles. The number of nitrogens with one attached hydrogen (secondary N) is 1. The zero-order valence-electron chi connectivity index (χ0n) is 7.94. The summed E-state index contributed by atoms with van der Waals surface area (Å²) in [6, 6.07) is 0. The zero-order chi connectivity index (χ0) is 10.4. The van der Waals surface area contributed by atoms with E-state index in [4.69, 9.17) is 21.3 Å². The van der Waals surface area contributed by atoms with Crippen LogP contribution >= 0.6 is 0 Å². The van der Waals surface area contributed by atoms with E-state index < -0.39 is 0 Å². The fourth-order valence-corrected chi connectivity index (χ4v) is 1.19. The van der Waals surface area contributed by atoms with Gasteiger partial charge in [-0.2, -0.15) is 0 Å². The molecule has 0 radical (unpaired) electrons. The van der Waals surface area contributed by atoms with E-state index in [1.807, 2.05) is 0 Å². The fourth-order valence-electron chi connectivity index (χ4n) is 1.19. The second-order valence-corrected chi connectivity index (χ2v) is 2.88. The van der Waals surface area contributed by atoms with Crippen molar-refractivity contribution in [3.8, 4) is 0 Å². The Morgan fingerprint density at radius 2 is 2.43 bits per heavy atom. The minimum Gasteiger partial charge on any atom is -0.394 e. The average molecular weight is 200 g/mol. The average Bonchev–Trinajstić information content (AvgIpc) is 2.59. The summed E-state index contributed by atoms with van der Waals surface area (Å²) in [5, 5.41) is 8.63. The van der Waals surface area contributed by atoms with Gasteiger partial charge in [0, 0.05) is 0 Å². The first kappa shape index (κ1) is 11.0. The molecule has 0 saturated carbocycles. The van der Waals surface area contributed by atoms with Crippen molar-refractivity contribution < 1.29 is 9.84 Å². The molecule has 6 N–H and O–H groups in total. The lowest BCUT2D eigenvalue weighted by Crippen LogP contribution is -2.13. The van der Waals surface area contributed by atoms with Crippen molar-refractivity contribution in [1.29, 1.82) is 0 Å². The Hall–Kier alpha value is -1.11. The number of aromatic nitrogens is 2. The number of H-pyrrole nitrogens is 1. The molecule has 0 spiro atoms. The molecule has 6 heteroatoms. The summed E-state index contributed by atoms with van der Waals surface area (Å²) in [6.07, 6.45) is 2.12. The third-order valence-corrected chi connectivity index (χ3v) is 1.80. The van der Waals surface area contributed by atoms with Crippen LogP contribution in [0.15, 0.2) is 6.20 Å². The lowest BCUT2D eigenvalue weighted by Gasteiger charge is -2.14. The van der Waals surface area contributed by atoms with Crippen molar-refractivity contribution in [2.24, 2.45) is 5.73 Å². The molecule has 80 valence electrons. The number of hydrogen-bond acceptors (Lipinski definition) is 5. The van der Waals surface area contributed by atoms with Crippen molar-refractivity contribution in [1.82, 2.24) is 9.97 Å². The summed E-state index contributed by atoms with van der Waals surface area (Å²) in [6.45, 7) is 0.781. The molecule has 6 nitrogen and oxygen atoms in total. The van der Waals surface area contributed by atoms with Crippen molar-refractivity contribution in [2.45, 2.75) is 12.5 Å². The number of rotatable bonds is 6. The number of hydrogen-bond donors (Lipinski definition) is 4. The molecule has 0 amide bonds. The highest BCUT2D eigenvalue weighted by atomic mass is 16.5. The summed E-state index contributed by atoms with van der Waals surface area (Å²) < 4.78 is 5.37. The maximum absolute atomic E-state index is 8.63. The number of aliphatic hydroxyl groups is 1. The molecule has 14 heavy (non-hydrogen) atoms. The van der Waals surface area contributed by atoms with Gasteiger partial charge in [0.15, 0.2) is 5.95 Å². The fraction of sp³-hybridized carbons (Fsp3) is 0.625. The highest BCUT2D eigenvalue weighted by molar-refractivity contribution is 5.19. The summed E-state index contributed by atoms with van der Waals surface area (Å²) in [4.78, 5) is 6.74. The van der Waals surface area contributed by atoms with E-state index >= 15 is 0 Å². The van der Waals surface area contributed by atoms with Crippen LogP contribution in [-0.4, -0.2) is 34.8 Å². The maximum Gasteiger partial charge on any atom is 0.197 e. The van der Waals surface area contributed by atoms with Gasteiger partial charge in [-0.15, -0.1) is 0 Å². The molecule has 0 aromatic carbocycles. The van der Waals surface area contributed by atoms with E-state index in [1.54, 1.807) is 6.20 Å². The van der Waals surface area contributed by atoms with Crippen LogP contribution in [-0.2, 0) is 4.74 Å². The minimum absolute atomic E-state index is 0.00924. The topological polar surface area (TPSA) is 110 Å². The van der Waals surface area contributed by atoms with Crippen molar-refractivity contribution in [2.75, 3.05) is 25.5 Å². The SMILES string of the molecule is NCCC(OCCO)c1cnc(N)[nH]1. The molecule has 0 aliphatic heterocycles. The smallest absolute Gasteiger partial charge is 0.197 e. The van der Waals surface area contributed by atoms with Gasteiger partial charge in [-0.3, -0.25) is 0 Å². The third-order valence-electron chi connectivity index (χ3n) is 1.80. The first-order valence-electron chi connectivity index (χ1n) is 4.50. The standard InChI is InChI=1S/C8H16N4O2/c9-2-1-7(14-4-3-13)6-5-11-8(10)12-6/h5,7,13H,1-4,9H2,(H3,10,11,12). The Balaban J connectivity index is 2.57. The summed E-state index contributed by atoms with van der Waals surface area (Å²) in [7, 11) is 0. The van der Waals surface area contributed by atoms with E-state index in [2.05, 4.69) is 9.97 Å². The van der Waals surface area contributed by atoms with Crippen LogP contribution in [0.2, 0.25) is 0 Å². The number of nitrogens with zero attached hydrogens (tertiary/aromatic N) is 1. The number of aliphatic hydroxyl groups excluding tert-OH is 1. The van der Waals surface area contributed by atoms with E-state index in [0.717, 1.165) is 5.69 Å². The highest BCUT2D eigenvalue weighted by Crippen LogP contribution is 2.18. The molecule has 0 saturated heterocycles. The van der Waals surface area contributed by atoms with Gasteiger partial charge < -0.3 is 26.3 Å². The zero-order valence-corrected chi connectivity index (χ0v) is 7.94. The predicted molar refractivity (Wildman–Crippen MR) is 52.5 cm³/mol. The van der Waals surface area contributed by atoms with Crippen LogP contribution in [0.25, 0.3) is 0 Å². The van der Waals surface area contributed by atoms with E-state index in [1.165, 1.54) is 0 Å². The molecule has 1 rings (SSSR count). The van der Waals surface area contributed by atoms with Gasteiger partial charge in [0.25, 0.3) is 0 Å². The molecule has 1 unspecified atom stereocenters. The number of nitrogen functional groups attached to an aromatic ring is 1. The van der Waals surface area contributed by atoms with Crippen LogP contribution < -0.4 is 11.5 Å². The normalized spacial score (nSPS) is 13.0. The van der Waals surface area contributed by atoms with E-state index in [9.17, 15) is 0 Å². The van der Waals surface area contributed by atoms with E-state index in [0.29, 0.717) is 18.9 Å². The number of ether oxygens (including phenoxy) is 1. The Labute approximate surface area is 82.3 Å². The number of aromatic amines is 1. The van der Waals surface area contributed by atoms with Gasteiger partial charge in [-0.05, 0) is 13.0 Å². The summed E-state index contributed by atoms with van der Waals surface area (Å²) in [5.74, 6) is 0.356. The summed E-state index contributed by atoms with van der Waals surface area (Å²) in [5.41, 5.74) is 11.7. The second-order valence-electron chi connectivity index (χ2n) is 2.88. The van der Waals surface area contributed by atoms with Crippen LogP contribution in [0.3, 0.4) is 0 Å². The first-order chi connectivity index (χ1) is 6.77. The van der Waals surface area contributed by atoms with Crippen LogP contribution in [0.1, 0.15) is 18.2 Å². The molecular formula is C8H16N4O2. The Morgan fingerprint density at radius 1 is 1.64 bits per heavy atom. The molecule has 1 aromatic rings. The molecule has 1 atom stereocenters. The largest absolute Gasteiger partial charge is 0.394 e. The Morgan fingerprint density at radius 3 is 2.93 bits per heavy atom. The first-order valence-corrected chi connectivity index (χ1v) is 4.50. The highest BCUT2D eigenvalue weighted by Gasteiger charge is 2.13. The van der Waals surface area contributed by atoms with Crippen molar-refractivity contribution >= 4 is 5.95 Å². The van der Waals surface area contributed by atoms with Crippen LogP contribution in [0.4, 0.5) is 5.95 Å². The molecule has 0 aliphatic carbocycles. The molecular weight excluding hydrogens is 184 g/mol. The summed E-state index contributed by atoms with van der Waals surface area (Å²) >= 11 is 0. The molecule has 0 aliphatic rings. The van der Waals surface area contributed by atoms with Gasteiger partial charge in [-0.1, -0.05) is 0 Å². The second kappa shape index (κ2) is 5.58. The van der Waals surface area contributed by atoms with Gasteiger partial charge in [0.2, 0.25) is 0 Å². The molecule has 0 bridgehead atoms. The molecule has 0 fully saturated rings. The number of imidazole rings is 1. The molecule has 1 aromatic heterocycles. The Kier molecular flexibility index (Phi) is 4.37. The van der Waals surface area contributed by atoms with Crippen molar-refractivity contribution in [3.05, 3.63) is 11.9 Å². The third kappa shape index (κ3) is 2.99. The number of anilines is 1. The predicted octanol–water partition coefficient (Wildman–Crippen LogP) is -0.609. The quantitative estimate of drug-likeness (QED) is 0.489. The van der Waals surface area contributed by atoms with Crippen LogP contribution in [0, 0.1) is 0 Å². The lowest BCUT2D eigenvalue weighted by molar-refractivity contribution is 0.0223. The lowest BCUT2D eigenvalue weighted by atomic mass is 10.2. The maximum atomic E-state index is 8.63. The van der Waals surface area contributed by atoms with Gasteiger partial charge in [0.1, 0.15) is 6.10 Å². The monoisotopic (exact) mass is 200 g/mol. The van der Waals surface area contributed by atoms with Crippen molar-refractivity contribution in [3.63, 3.8) is 0 Å². The van der Waals surface area contributed by atoms with Gasteiger partial charge in [-0.25, -0.2) is 4.98 Å². The number of nitrogens with two attached hydrogens (primary N) is 2. The van der Waals surface area contributed by atoms with Crippen LogP contribution in [0.5, 0.6) is 0 Å². The van der Waals surface area contributed by atoms with Gasteiger partial charge in [0.05, 0.1) is 25.1 Å². The Bertz CT molecular complexity index is 264. The van der Waals surface area contributed by atoms with Gasteiger partial charge >= 0.3 is 0 Å². The minimum atomic E-state index is -0.169.